The van der Waals surface area contributed by atoms with Gasteiger partial charge in [-0.1, -0.05) is 0 Å². The lowest BCUT2D eigenvalue weighted by atomic mass is 10.2. The number of guanidine groups is 1. The van der Waals surface area contributed by atoms with Gasteiger partial charge in [-0.15, -0.1) is 24.0 Å². The zero-order valence-corrected chi connectivity index (χ0v) is 13.8. The van der Waals surface area contributed by atoms with Crippen LogP contribution >= 0.6 is 24.0 Å². The summed E-state index contributed by atoms with van der Waals surface area (Å²) < 4.78 is 44.6. The Morgan fingerprint density at radius 2 is 2.05 bits per heavy atom. The summed E-state index contributed by atoms with van der Waals surface area (Å²) in [4.78, 5) is 5.80. The number of nitrogens with zero attached hydrogens (tertiary/aromatic N) is 4. The van der Waals surface area contributed by atoms with Crippen molar-refractivity contribution in [2.24, 2.45) is 17.8 Å². The van der Waals surface area contributed by atoms with Gasteiger partial charge in [-0.3, -0.25) is 4.68 Å². The lowest BCUT2D eigenvalue weighted by molar-refractivity contribution is -0.142. The van der Waals surface area contributed by atoms with E-state index < -0.39 is 11.9 Å². The third-order valence-corrected chi connectivity index (χ3v) is 2.92. The maximum absolute atomic E-state index is 12.8. The zero-order chi connectivity index (χ0) is 14.8. The molecule has 120 valence electrons. The molecule has 0 bridgehead atoms. The van der Waals surface area contributed by atoms with E-state index in [1.165, 1.54) is 13.2 Å². The number of aryl methyl sites for hydroxylation is 1. The Morgan fingerprint density at radius 1 is 1.43 bits per heavy atom. The van der Waals surface area contributed by atoms with E-state index in [0.29, 0.717) is 26.3 Å². The van der Waals surface area contributed by atoms with Crippen molar-refractivity contribution in [3.63, 3.8) is 0 Å². The molecule has 0 amide bonds. The Balaban J connectivity index is 0.00000220. The molecule has 0 radical (unpaired) electrons. The summed E-state index contributed by atoms with van der Waals surface area (Å²) in [5.41, 5.74) is 4.87. The summed E-state index contributed by atoms with van der Waals surface area (Å²) in [5.74, 6) is 0.227. The summed E-state index contributed by atoms with van der Waals surface area (Å²) >= 11 is 0. The molecule has 0 aliphatic carbocycles. The number of halogens is 4. The molecule has 2 N–H and O–H groups in total. The average Bonchev–Trinajstić information content (AvgIpc) is 2.78. The summed E-state index contributed by atoms with van der Waals surface area (Å²) in [7, 11) is 1.44. The van der Waals surface area contributed by atoms with E-state index in [2.05, 4.69) is 10.1 Å². The van der Waals surface area contributed by atoms with Gasteiger partial charge in [0.15, 0.2) is 11.7 Å². The summed E-state index contributed by atoms with van der Waals surface area (Å²) in [6, 6.07) is 0. The second kappa shape index (κ2) is 7.29. The number of rotatable bonds is 2. The summed E-state index contributed by atoms with van der Waals surface area (Å²) in [6.45, 7) is 2.11. The molecule has 1 aliphatic rings. The van der Waals surface area contributed by atoms with Gasteiger partial charge < -0.3 is 15.4 Å². The monoisotopic (exact) mass is 419 g/mol. The van der Waals surface area contributed by atoms with E-state index in [-0.39, 0.29) is 42.0 Å². The van der Waals surface area contributed by atoms with Gasteiger partial charge in [0.25, 0.3) is 0 Å². The van der Waals surface area contributed by atoms with E-state index >= 15 is 0 Å². The fraction of sp³-hybridized carbons (Fsp3) is 0.636. The molecule has 0 atom stereocenters. The molecule has 10 heteroatoms. The number of alkyl halides is 3. The van der Waals surface area contributed by atoms with Crippen LogP contribution in [0.4, 0.5) is 13.2 Å². The highest BCUT2D eigenvalue weighted by Crippen LogP contribution is 2.30. The van der Waals surface area contributed by atoms with E-state index in [9.17, 15) is 13.2 Å². The maximum atomic E-state index is 12.8. The topological polar surface area (TPSA) is 68.7 Å². The zero-order valence-electron chi connectivity index (χ0n) is 11.4. The quantitative estimate of drug-likeness (QED) is 0.445. The fourth-order valence-electron chi connectivity index (χ4n) is 1.95. The van der Waals surface area contributed by atoms with Crippen molar-refractivity contribution in [3.05, 3.63) is 17.5 Å². The van der Waals surface area contributed by atoms with Gasteiger partial charge in [-0.05, 0) is 0 Å². The van der Waals surface area contributed by atoms with Crippen LogP contribution in [-0.2, 0) is 24.5 Å². The highest BCUT2D eigenvalue weighted by atomic mass is 127. The number of aromatic nitrogens is 2. The average molecular weight is 419 g/mol. The van der Waals surface area contributed by atoms with Crippen molar-refractivity contribution < 1.29 is 17.9 Å². The van der Waals surface area contributed by atoms with Crippen LogP contribution in [-0.4, -0.2) is 46.9 Å². The molecule has 0 aromatic carbocycles. The smallest absolute Gasteiger partial charge is 0.378 e. The molecule has 1 fully saturated rings. The van der Waals surface area contributed by atoms with Gasteiger partial charge >= 0.3 is 6.18 Å². The van der Waals surface area contributed by atoms with Crippen LogP contribution in [0.5, 0.6) is 0 Å². The minimum Gasteiger partial charge on any atom is -0.378 e. The molecule has 1 aliphatic heterocycles. The Bertz CT molecular complexity index is 497. The predicted octanol–water partition coefficient (Wildman–Crippen LogP) is 1.20. The first-order valence-electron chi connectivity index (χ1n) is 6.10. The molecule has 2 rings (SSSR count). The third kappa shape index (κ3) is 4.73. The molecule has 2 heterocycles. The first-order chi connectivity index (χ1) is 9.38. The third-order valence-electron chi connectivity index (χ3n) is 2.92. The number of nitrogens with two attached hydrogens (primary N) is 1. The van der Waals surface area contributed by atoms with Crippen LogP contribution in [0.3, 0.4) is 0 Å². The normalized spacial score (nSPS) is 16.8. The lowest BCUT2D eigenvalue weighted by Gasteiger charge is -2.27. The van der Waals surface area contributed by atoms with E-state index in [0.717, 1.165) is 4.68 Å². The lowest BCUT2D eigenvalue weighted by Crippen LogP contribution is -2.44. The molecule has 21 heavy (non-hydrogen) atoms. The number of morpholine rings is 1. The minimum atomic E-state index is -4.49. The minimum absolute atomic E-state index is 0. The Kier molecular flexibility index (Phi) is 6.25. The molecular weight excluding hydrogens is 402 g/mol. The molecule has 0 saturated carbocycles. The summed E-state index contributed by atoms with van der Waals surface area (Å²) in [5, 5.41) is 3.42. The van der Waals surface area contributed by atoms with Crippen molar-refractivity contribution in [2.45, 2.75) is 12.7 Å². The molecule has 1 saturated heterocycles. The number of ether oxygens (including phenoxy) is 1. The summed E-state index contributed by atoms with van der Waals surface area (Å²) in [6.07, 6.45) is -3.18. The number of hydrogen-bond acceptors (Lipinski definition) is 3. The van der Waals surface area contributed by atoms with E-state index in [1.807, 2.05) is 0 Å². The standard InChI is InChI=1S/C11H16F3N5O.HI/c1-18-7-8(9(17-18)11(12,13)14)6-16-10(15)19-2-4-20-5-3-19;/h7H,2-6H2,1H3,(H2,15,16);1H. The molecule has 1 aromatic rings. The predicted molar refractivity (Wildman–Crippen MR) is 81.3 cm³/mol. The van der Waals surface area contributed by atoms with Gasteiger partial charge in [-0.2, -0.15) is 18.3 Å². The van der Waals surface area contributed by atoms with Gasteiger partial charge in [0.1, 0.15) is 0 Å². The first-order valence-corrected chi connectivity index (χ1v) is 6.10. The largest absolute Gasteiger partial charge is 0.435 e. The van der Waals surface area contributed by atoms with E-state index in [4.69, 9.17) is 10.5 Å². The maximum Gasteiger partial charge on any atom is 0.435 e. The molecule has 0 unspecified atom stereocenters. The van der Waals surface area contributed by atoms with Crippen LogP contribution in [0.2, 0.25) is 0 Å². The van der Waals surface area contributed by atoms with Gasteiger partial charge in [0.2, 0.25) is 0 Å². The van der Waals surface area contributed by atoms with Crippen LogP contribution < -0.4 is 5.73 Å². The van der Waals surface area contributed by atoms with Crippen LogP contribution in [0, 0.1) is 0 Å². The molecule has 0 spiro atoms. The van der Waals surface area contributed by atoms with Crippen LogP contribution in [0.15, 0.2) is 11.2 Å². The molecule has 6 nitrogen and oxygen atoms in total. The van der Waals surface area contributed by atoms with Crippen LogP contribution in [0.1, 0.15) is 11.3 Å². The van der Waals surface area contributed by atoms with E-state index in [1.54, 1.807) is 4.90 Å². The molecular formula is C11H17F3IN5O. The second-order valence-electron chi connectivity index (χ2n) is 4.45. The Hall–Kier alpha value is -1.04. The second-order valence-corrected chi connectivity index (χ2v) is 4.45. The van der Waals surface area contributed by atoms with Crippen molar-refractivity contribution in [1.29, 1.82) is 0 Å². The highest BCUT2D eigenvalue weighted by molar-refractivity contribution is 14.0. The van der Waals surface area contributed by atoms with Crippen molar-refractivity contribution in [3.8, 4) is 0 Å². The molecule has 1 aromatic heterocycles. The SMILES string of the molecule is Cn1cc(CN=C(N)N2CCOCC2)c(C(F)(F)F)n1.I. The fourth-order valence-corrected chi connectivity index (χ4v) is 1.95. The highest BCUT2D eigenvalue weighted by Gasteiger charge is 2.36. The van der Waals surface area contributed by atoms with Gasteiger partial charge in [0, 0.05) is 31.9 Å². The first kappa shape index (κ1) is 18.0. The van der Waals surface area contributed by atoms with Crippen LogP contribution in [0.25, 0.3) is 0 Å². The van der Waals surface area contributed by atoms with Gasteiger partial charge in [-0.25, -0.2) is 4.99 Å². The number of hydrogen-bond donors (Lipinski definition) is 1. The number of aliphatic imine (C=N–C) groups is 1. The Labute approximate surface area is 137 Å². The Morgan fingerprint density at radius 3 is 2.62 bits per heavy atom. The van der Waals surface area contributed by atoms with Crippen molar-refractivity contribution >= 4 is 29.9 Å². The van der Waals surface area contributed by atoms with Crippen molar-refractivity contribution in [1.82, 2.24) is 14.7 Å². The van der Waals surface area contributed by atoms with Gasteiger partial charge in [0.05, 0.1) is 19.8 Å². The van der Waals surface area contributed by atoms with Crippen molar-refractivity contribution in [2.75, 3.05) is 26.3 Å².